The molecule has 0 atom stereocenters. The lowest BCUT2D eigenvalue weighted by Crippen LogP contribution is -2.14. The van der Waals surface area contributed by atoms with E-state index in [1.165, 1.54) is 33.0 Å². The van der Waals surface area contributed by atoms with Crippen LogP contribution in [0.25, 0.3) is 128 Å². The van der Waals surface area contributed by atoms with Gasteiger partial charge >= 0.3 is 0 Å². The summed E-state index contributed by atoms with van der Waals surface area (Å²) in [4.78, 5) is 15.5. The highest BCUT2D eigenvalue weighted by atomic mass is 16.3. The van der Waals surface area contributed by atoms with Crippen molar-refractivity contribution >= 4 is 65.7 Å². The largest absolute Gasteiger partial charge is 0.456 e. The van der Waals surface area contributed by atoms with Crippen molar-refractivity contribution in [2.24, 2.45) is 0 Å². The van der Waals surface area contributed by atoms with Gasteiger partial charge < -0.3 is 13.4 Å². The van der Waals surface area contributed by atoms with Crippen LogP contribution in [0.1, 0.15) is 25.0 Å². The van der Waals surface area contributed by atoms with Crippen LogP contribution in [0.3, 0.4) is 0 Å². The molecule has 310 valence electrons. The summed E-state index contributed by atoms with van der Waals surface area (Å²) in [7, 11) is 0. The molecule has 13 aromatic rings. The van der Waals surface area contributed by atoms with Gasteiger partial charge in [-0.2, -0.15) is 0 Å². The van der Waals surface area contributed by atoms with Gasteiger partial charge in [-0.05, 0) is 82.4 Å². The number of fused-ring (bicyclic) bond motifs is 12. The second kappa shape index (κ2) is 13.7. The van der Waals surface area contributed by atoms with Gasteiger partial charge in [-0.15, -0.1) is 0 Å². The van der Waals surface area contributed by atoms with E-state index in [1.807, 2.05) is 72.8 Å². The summed E-state index contributed by atoms with van der Waals surface area (Å²) in [5, 5.41) is 6.46. The molecule has 0 fully saturated rings. The molecule has 1 aliphatic carbocycles. The van der Waals surface area contributed by atoms with Gasteiger partial charge in [0, 0.05) is 60.0 Å². The van der Waals surface area contributed by atoms with Crippen LogP contribution in [0.15, 0.2) is 203 Å². The number of aromatic nitrogens is 4. The van der Waals surface area contributed by atoms with Crippen LogP contribution in [-0.4, -0.2) is 19.5 Å². The van der Waals surface area contributed by atoms with E-state index in [-0.39, 0.29) is 5.41 Å². The lowest BCUT2D eigenvalue weighted by Gasteiger charge is -2.21. The number of rotatable bonds is 5. The summed E-state index contributed by atoms with van der Waals surface area (Å²) in [6.45, 7) is 4.69. The lowest BCUT2D eigenvalue weighted by atomic mass is 9.82. The number of benzene rings is 9. The molecule has 0 amide bonds. The minimum Gasteiger partial charge on any atom is -0.456 e. The van der Waals surface area contributed by atoms with Crippen molar-refractivity contribution < 1.29 is 8.83 Å². The van der Waals surface area contributed by atoms with Gasteiger partial charge in [0.15, 0.2) is 23.1 Å². The maximum Gasteiger partial charge on any atom is 0.164 e. The molecule has 0 saturated heterocycles. The zero-order chi connectivity index (χ0) is 43.7. The molecule has 14 rings (SSSR count). The van der Waals surface area contributed by atoms with Crippen molar-refractivity contribution in [3.63, 3.8) is 0 Å². The van der Waals surface area contributed by atoms with Crippen molar-refractivity contribution in [2.45, 2.75) is 19.3 Å². The van der Waals surface area contributed by atoms with Crippen LogP contribution in [0.2, 0.25) is 0 Å². The van der Waals surface area contributed by atoms with Crippen LogP contribution in [0, 0.1) is 0 Å². The summed E-state index contributed by atoms with van der Waals surface area (Å²) in [6, 6.07) is 68.1. The van der Waals surface area contributed by atoms with Gasteiger partial charge in [0.2, 0.25) is 0 Å². The third-order valence-electron chi connectivity index (χ3n) is 13.9. The molecule has 0 unspecified atom stereocenters. The van der Waals surface area contributed by atoms with Gasteiger partial charge in [-0.3, -0.25) is 0 Å². The number of hydrogen-bond donors (Lipinski definition) is 0. The second-order valence-corrected chi connectivity index (χ2v) is 17.9. The fourth-order valence-electron chi connectivity index (χ4n) is 10.7. The topological polar surface area (TPSA) is 69.9 Å². The predicted molar refractivity (Wildman–Crippen MR) is 268 cm³/mol. The number of para-hydroxylation sites is 3. The van der Waals surface area contributed by atoms with E-state index < -0.39 is 0 Å². The normalized spacial score (nSPS) is 13.1. The van der Waals surface area contributed by atoms with Crippen LogP contribution < -0.4 is 0 Å². The van der Waals surface area contributed by atoms with E-state index in [1.54, 1.807) is 0 Å². The Morgan fingerprint density at radius 3 is 1.83 bits per heavy atom. The number of hydrogen-bond acceptors (Lipinski definition) is 5. The lowest BCUT2D eigenvalue weighted by molar-refractivity contribution is 0.660. The molecule has 6 heteroatoms. The molecule has 0 spiro atoms. The highest BCUT2D eigenvalue weighted by Gasteiger charge is 2.36. The van der Waals surface area contributed by atoms with Crippen LogP contribution in [0.5, 0.6) is 0 Å². The van der Waals surface area contributed by atoms with Gasteiger partial charge in [0.25, 0.3) is 0 Å². The quantitative estimate of drug-likeness (QED) is 0.173. The van der Waals surface area contributed by atoms with E-state index in [2.05, 4.69) is 140 Å². The molecule has 4 heterocycles. The van der Waals surface area contributed by atoms with Crippen molar-refractivity contribution in [1.82, 2.24) is 19.5 Å². The first-order valence-corrected chi connectivity index (χ1v) is 22.4. The predicted octanol–water partition coefficient (Wildman–Crippen LogP) is 15.7. The minimum absolute atomic E-state index is 0.167. The summed E-state index contributed by atoms with van der Waals surface area (Å²) < 4.78 is 16.3. The maximum atomic E-state index is 7.42. The van der Waals surface area contributed by atoms with E-state index in [9.17, 15) is 0 Å². The highest BCUT2D eigenvalue weighted by molar-refractivity contribution is 6.19. The molecular weight excluding hydrogens is 809 g/mol. The van der Waals surface area contributed by atoms with Gasteiger partial charge in [-0.25, -0.2) is 15.0 Å². The first-order valence-electron chi connectivity index (χ1n) is 22.4. The zero-order valence-corrected chi connectivity index (χ0v) is 36.1. The van der Waals surface area contributed by atoms with Crippen LogP contribution in [0.4, 0.5) is 0 Å². The second-order valence-electron chi connectivity index (χ2n) is 17.9. The zero-order valence-electron chi connectivity index (χ0n) is 36.1. The van der Waals surface area contributed by atoms with Gasteiger partial charge in [-0.1, -0.05) is 153 Å². The highest BCUT2D eigenvalue weighted by Crippen LogP contribution is 2.52. The Morgan fingerprint density at radius 1 is 0.379 bits per heavy atom. The third kappa shape index (κ3) is 5.27. The van der Waals surface area contributed by atoms with Gasteiger partial charge in [0.1, 0.15) is 16.7 Å². The van der Waals surface area contributed by atoms with Crippen molar-refractivity contribution in [2.75, 3.05) is 0 Å². The molecule has 66 heavy (non-hydrogen) atoms. The van der Waals surface area contributed by atoms with Crippen molar-refractivity contribution in [3.05, 3.63) is 205 Å². The first-order chi connectivity index (χ1) is 32.5. The smallest absolute Gasteiger partial charge is 0.164 e. The molecule has 1 aliphatic rings. The summed E-state index contributed by atoms with van der Waals surface area (Å²) in [6.07, 6.45) is 0. The Balaban J connectivity index is 1.07. The molecule has 0 radical (unpaired) electrons. The van der Waals surface area contributed by atoms with Crippen LogP contribution >= 0.6 is 0 Å². The molecule has 4 aromatic heterocycles. The maximum absolute atomic E-state index is 7.42. The fourth-order valence-corrected chi connectivity index (χ4v) is 10.7. The SMILES string of the molecule is CC1(C)c2ccccc2-c2cc3c4ccccc4n(-c4cccc5c4oc4c(-c6ccc7c(c6)oc6ccccc67)ccc(-c6nc(-c7ccccc7)nc(-c7ccccc7)n6)c45)c3cc21. The summed E-state index contributed by atoms with van der Waals surface area (Å²) >= 11 is 0. The molecule has 0 saturated carbocycles. The van der Waals surface area contributed by atoms with E-state index >= 15 is 0 Å². The summed E-state index contributed by atoms with van der Waals surface area (Å²) in [5.74, 6) is 1.76. The Morgan fingerprint density at radius 2 is 1.03 bits per heavy atom. The monoisotopic (exact) mass is 846 g/mol. The molecule has 0 aliphatic heterocycles. The molecule has 6 nitrogen and oxygen atoms in total. The van der Waals surface area contributed by atoms with Crippen molar-refractivity contribution in [3.8, 4) is 62.1 Å². The average Bonchev–Trinajstić information content (AvgIpc) is 4.10. The number of furan rings is 2. The molecule has 9 aromatic carbocycles. The summed E-state index contributed by atoms with van der Waals surface area (Å²) in [5.41, 5.74) is 16.1. The Kier molecular flexibility index (Phi) is 7.64. The standard InChI is InChI=1S/C60H38N4O2/c1-60(2)47-24-12-9-20-39(47)45-33-46-40-21-10-13-25-49(40)64(51(46)34-48(45)60)50-26-15-23-43-54-44(59-62-57(35-16-5-3-6-17-35)61-58(63-59)36-18-7-4-8-19-36)31-30-38(56(54)66-55(43)50)37-28-29-42-41-22-11-14-27-52(41)65-53(42)32-37/h3-34H,1-2H3. The molecule has 0 N–H and O–H groups in total. The van der Waals surface area contributed by atoms with E-state index in [0.717, 1.165) is 88.4 Å². The fraction of sp³-hybridized carbons (Fsp3) is 0.0500. The Hall–Kier alpha value is -8.61. The number of nitrogens with zero attached hydrogens (tertiary/aromatic N) is 4. The minimum atomic E-state index is -0.167. The van der Waals surface area contributed by atoms with E-state index in [4.69, 9.17) is 23.8 Å². The average molecular weight is 847 g/mol. The van der Waals surface area contributed by atoms with E-state index in [0.29, 0.717) is 17.5 Å². The van der Waals surface area contributed by atoms with Crippen LogP contribution in [-0.2, 0) is 5.41 Å². The van der Waals surface area contributed by atoms with Crippen molar-refractivity contribution in [1.29, 1.82) is 0 Å². The third-order valence-corrected chi connectivity index (χ3v) is 13.9. The van der Waals surface area contributed by atoms with Gasteiger partial charge in [0.05, 0.1) is 16.7 Å². The Labute approximate surface area is 379 Å². The molecular formula is C60H38N4O2. The molecule has 0 bridgehead atoms. The Bertz CT molecular complexity index is 4080. The first kappa shape index (κ1) is 36.8.